The van der Waals surface area contributed by atoms with E-state index in [0.717, 1.165) is 9.37 Å². The predicted octanol–water partition coefficient (Wildman–Crippen LogP) is 5.90. The van der Waals surface area contributed by atoms with Crippen LogP contribution in [0.2, 0.25) is 5.02 Å². The zero-order chi connectivity index (χ0) is 25.1. The molecule has 3 aromatic rings. The van der Waals surface area contributed by atoms with Crippen molar-refractivity contribution in [3.8, 4) is 5.75 Å². The number of carbonyl (C=O) groups excluding carboxylic acids is 3. The minimum absolute atomic E-state index is 0.197. The van der Waals surface area contributed by atoms with Gasteiger partial charge in [-0.3, -0.25) is 14.9 Å². The van der Waals surface area contributed by atoms with Gasteiger partial charge in [-0.25, -0.2) is 14.1 Å². The SMILES string of the molecule is CCOc1cc(/C=C2\C(=O)NC(=O)N(c3ccc(Br)cc3)C2=O)cc(Cl)c1Cc1ccccc1F. The Morgan fingerprint density at radius 2 is 1.80 bits per heavy atom. The number of anilines is 1. The predicted molar refractivity (Wildman–Crippen MR) is 135 cm³/mol. The van der Waals surface area contributed by atoms with Crippen molar-refractivity contribution in [1.29, 1.82) is 0 Å². The van der Waals surface area contributed by atoms with Gasteiger partial charge in [0, 0.05) is 21.5 Å². The first-order chi connectivity index (χ1) is 16.8. The molecule has 0 bridgehead atoms. The van der Waals surface area contributed by atoms with Crippen LogP contribution in [0, 0.1) is 5.82 Å². The van der Waals surface area contributed by atoms with Crippen molar-refractivity contribution in [1.82, 2.24) is 5.32 Å². The van der Waals surface area contributed by atoms with Gasteiger partial charge in [-0.1, -0.05) is 45.7 Å². The lowest BCUT2D eigenvalue weighted by molar-refractivity contribution is -0.122. The van der Waals surface area contributed by atoms with Gasteiger partial charge in [-0.2, -0.15) is 0 Å². The highest BCUT2D eigenvalue weighted by Crippen LogP contribution is 2.33. The van der Waals surface area contributed by atoms with Crippen molar-refractivity contribution < 1.29 is 23.5 Å². The van der Waals surface area contributed by atoms with Crippen LogP contribution in [0.3, 0.4) is 0 Å². The Bertz CT molecular complexity index is 1360. The molecule has 0 unspecified atom stereocenters. The molecule has 1 fully saturated rings. The Kier molecular flexibility index (Phi) is 7.33. The van der Waals surface area contributed by atoms with Crippen LogP contribution in [0.5, 0.6) is 5.75 Å². The summed E-state index contributed by atoms with van der Waals surface area (Å²) in [5, 5.41) is 2.48. The standard InChI is InChI=1S/C26H19BrClFN2O4/c1-2-35-23-13-15(12-21(28)19(23)14-16-5-3-4-6-22(16)29)11-20-24(32)30-26(34)31(25(20)33)18-9-7-17(27)8-10-18/h3-13H,2,14H2,1H3,(H,30,32,34)/b20-11+. The van der Waals surface area contributed by atoms with Gasteiger partial charge in [-0.15, -0.1) is 0 Å². The summed E-state index contributed by atoms with van der Waals surface area (Å²) in [5.41, 5.74) is 1.51. The molecule has 6 nitrogen and oxygen atoms in total. The van der Waals surface area contributed by atoms with E-state index in [1.54, 1.807) is 61.5 Å². The molecule has 1 N–H and O–H groups in total. The molecule has 0 aromatic heterocycles. The van der Waals surface area contributed by atoms with Gasteiger partial charge < -0.3 is 4.74 Å². The van der Waals surface area contributed by atoms with E-state index in [9.17, 15) is 18.8 Å². The Balaban J connectivity index is 1.72. The number of halogens is 3. The molecule has 0 aliphatic carbocycles. The average molecular weight is 558 g/mol. The van der Waals surface area contributed by atoms with Crippen LogP contribution in [0.1, 0.15) is 23.6 Å². The van der Waals surface area contributed by atoms with Gasteiger partial charge in [0.1, 0.15) is 17.1 Å². The minimum atomic E-state index is -0.840. The second kappa shape index (κ2) is 10.4. The summed E-state index contributed by atoms with van der Waals surface area (Å²) in [6.07, 6.45) is 1.54. The molecular weight excluding hydrogens is 539 g/mol. The molecule has 1 saturated heterocycles. The molecule has 4 amide bonds. The third-order valence-electron chi connectivity index (χ3n) is 5.30. The number of hydrogen-bond acceptors (Lipinski definition) is 4. The number of urea groups is 1. The van der Waals surface area contributed by atoms with Gasteiger partial charge in [-0.05, 0) is 66.6 Å². The van der Waals surface area contributed by atoms with Gasteiger partial charge in [0.15, 0.2) is 0 Å². The first-order valence-corrected chi connectivity index (χ1v) is 11.8. The van der Waals surface area contributed by atoms with Crippen LogP contribution in [0.25, 0.3) is 6.08 Å². The number of rotatable bonds is 6. The van der Waals surface area contributed by atoms with Crippen LogP contribution in [-0.4, -0.2) is 24.5 Å². The summed E-state index contributed by atoms with van der Waals surface area (Å²) < 4.78 is 20.7. The molecule has 0 atom stereocenters. The van der Waals surface area contributed by atoms with E-state index in [1.807, 2.05) is 0 Å². The number of benzene rings is 3. The fourth-order valence-electron chi connectivity index (χ4n) is 3.65. The highest BCUT2D eigenvalue weighted by Gasteiger charge is 2.36. The highest BCUT2D eigenvalue weighted by atomic mass is 79.9. The van der Waals surface area contributed by atoms with Gasteiger partial charge in [0.05, 0.1) is 12.3 Å². The zero-order valence-electron chi connectivity index (χ0n) is 18.5. The molecule has 0 radical (unpaired) electrons. The molecule has 1 aliphatic rings. The fourth-order valence-corrected chi connectivity index (χ4v) is 4.20. The normalized spacial score (nSPS) is 14.9. The average Bonchev–Trinajstić information content (AvgIpc) is 2.81. The van der Waals surface area contributed by atoms with E-state index in [1.165, 1.54) is 12.1 Å². The molecule has 9 heteroatoms. The smallest absolute Gasteiger partial charge is 0.335 e. The van der Waals surface area contributed by atoms with Crippen molar-refractivity contribution >= 4 is 57.1 Å². The van der Waals surface area contributed by atoms with E-state index < -0.39 is 17.8 Å². The van der Waals surface area contributed by atoms with E-state index in [0.29, 0.717) is 34.7 Å². The monoisotopic (exact) mass is 556 g/mol. The Labute approximate surface area is 214 Å². The zero-order valence-corrected chi connectivity index (χ0v) is 20.8. The van der Waals surface area contributed by atoms with E-state index in [4.69, 9.17) is 16.3 Å². The number of ether oxygens (including phenoxy) is 1. The molecule has 4 rings (SSSR count). The van der Waals surface area contributed by atoms with E-state index >= 15 is 0 Å². The Morgan fingerprint density at radius 1 is 1.09 bits per heavy atom. The summed E-state index contributed by atoms with van der Waals surface area (Å²) in [5.74, 6) is -1.55. The summed E-state index contributed by atoms with van der Waals surface area (Å²) in [4.78, 5) is 39.0. The van der Waals surface area contributed by atoms with Crippen molar-refractivity contribution in [3.63, 3.8) is 0 Å². The topological polar surface area (TPSA) is 75.7 Å². The number of nitrogens with one attached hydrogen (secondary N) is 1. The highest BCUT2D eigenvalue weighted by molar-refractivity contribution is 9.10. The molecule has 1 aliphatic heterocycles. The number of amides is 4. The summed E-state index contributed by atoms with van der Waals surface area (Å²) >= 11 is 9.85. The molecule has 35 heavy (non-hydrogen) atoms. The number of nitrogens with zero attached hydrogens (tertiary/aromatic N) is 1. The second-order valence-electron chi connectivity index (χ2n) is 7.61. The maximum absolute atomic E-state index is 14.2. The van der Waals surface area contributed by atoms with Crippen molar-refractivity contribution in [3.05, 3.63) is 98.2 Å². The largest absolute Gasteiger partial charge is 0.494 e. The van der Waals surface area contributed by atoms with Gasteiger partial charge in [0.2, 0.25) is 0 Å². The lowest BCUT2D eigenvalue weighted by Gasteiger charge is -2.26. The maximum Gasteiger partial charge on any atom is 0.335 e. The quantitative estimate of drug-likeness (QED) is 0.303. The molecule has 3 aromatic carbocycles. The van der Waals surface area contributed by atoms with Crippen LogP contribution >= 0.6 is 27.5 Å². The number of imide groups is 2. The van der Waals surface area contributed by atoms with Crippen LogP contribution < -0.4 is 15.0 Å². The molecular formula is C26H19BrClFN2O4. The van der Waals surface area contributed by atoms with Gasteiger partial charge >= 0.3 is 6.03 Å². The van der Waals surface area contributed by atoms with Crippen LogP contribution in [0.15, 0.2) is 70.7 Å². The third kappa shape index (κ3) is 5.28. The first kappa shape index (κ1) is 24.6. The lowest BCUT2D eigenvalue weighted by Crippen LogP contribution is -2.54. The minimum Gasteiger partial charge on any atom is -0.494 e. The number of carbonyl (C=O) groups is 3. The third-order valence-corrected chi connectivity index (χ3v) is 6.17. The maximum atomic E-state index is 14.2. The fraction of sp³-hybridized carbons (Fsp3) is 0.115. The summed E-state index contributed by atoms with van der Waals surface area (Å²) in [7, 11) is 0. The van der Waals surface area contributed by atoms with Crippen LogP contribution in [-0.2, 0) is 16.0 Å². The first-order valence-electron chi connectivity index (χ1n) is 10.6. The van der Waals surface area contributed by atoms with Crippen molar-refractivity contribution in [2.75, 3.05) is 11.5 Å². The Hall–Kier alpha value is -3.49. The summed E-state index contributed by atoms with van der Waals surface area (Å²) in [6, 6.07) is 15.2. The molecule has 0 saturated carbocycles. The van der Waals surface area contributed by atoms with Gasteiger partial charge in [0.25, 0.3) is 11.8 Å². The number of hydrogen-bond donors (Lipinski definition) is 1. The van der Waals surface area contributed by atoms with Crippen molar-refractivity contribution in [2.24, 2.45) is 0 Å². The second-order valence-corrected chi connectivity index (χ2v) is 8.94. The van der Waals surface area contributed by atoms with Crippen LogP contribution in [0.4, 0.5) is 14.9 Å². The van der Waals surface area contributed by atoms with E-state index in [-0.39, 0.29) is 22.8 Å². The molecule has 178 valence electrons. The van der Waals surface area contributed by atoms with Crippen molar-refractivity contribution in [2.45, 2.75) is 13.3 Å². The van der Waals surface area contributed by atoms with E-state index in [2.05, 4.69) is 21.2 Å². The molecule has 0 spiro atoms. The lowest BCUT2D eigenvalue weighted by atomic mass is 10.00. The Morgan fingerprint density at radius 3 is 2.49 bits per heavy atom. The molecule has 1 heterocycles. The summed E-state index contributed by atoms with van der Waals surface area (Å²) in [6.45, 7) is 2.12. The number of barbiturate groups is 1.